The van der Waals surface area contributed by atoms with Crippen LogP contribution in [-0.2, 0) is 4.79 Å². The second-order valence-electron chi connectivity index (χ2n) is 6.04. The molecule has 1 rings (SSSR count). The van der Waals surface area contributed by atoms with Gasteiger partial charge in [-0.1, -0.05) is 13.8 Å². The van der Waals surface area contributed by atoms with Crippen LogP contribution < -0.4 is 5.73 Å². The number of amides is 1. The molecule has 0 unspecified atom stereocenters. The molecule has 0 spiro atoms. The van der Waals surface area contributed by atoms with Gasteiger partial charge in [0.25, 0.3) is 0 Å². The molecule has 0 aliphatic carbocycles. The maximum atomic E-state index is 12.0. The lowest BCUT2D eigenvalue weighted by Crippen LogP contribution is -2.57. The summed E-state index contributed by atoms with van der Waals surface area (Å²) in [4.78, 5) is 16.3. The Hall–Kier alpha value is -0.610. The second-order valence-corrected chi connectivity index (χ2v) is 6.04. The largest absolute Gasteiger partial charge is 0.339 e. The Kier molecular flexibility index (Phi) is 4.95. The molecule has 0 saturated carbocycles. The summed E-state index contributed by atoms with van der Waals surface area (Å²) in [5.74, 6) is 0.818. The van der Waals surface area contributed by atoms with Crippen LogP contribution in [0, 0.1) is 5.92 Å². The van der Waals surface area contributed by atoms with Crippen LogP contribution in [0.4, 0.5) is 0 Å². The zero-order valence-electron chi connectivity index (χ0n) is 11.7. The molecule has 0 radical (unpaired) electrons. The van der Waals surface area contributed by atoms with Crippen molar-refractivity contribution in [1.29, 1.82) is 0 Å². The molecule has 1 aliphatic rings. The van der Waals surface area contributed by atoms with Gasteiger partial charge in [-0.05, 0) is 32.7 Å². The number of carbonyl (C=O) groups is 1. The van der Waals surface area contributed by atoms with Crippen LogP contribution in [0.25, 0.3) is 0 Å². The van der Waals surface area contributed by atoms with Crippen molar-refractivity contribution in [1.82, 2.24) is 9.80 Å². The molecule has 100 valence electrons. The molecule has 1 heterocycles. The molecule has 1 saturated heterocycles. The van der Waals surface area contributed by atoms with Gasteiger partial charge in [0.1, 0.15) is 0 Å². The van der Waals surface area contributed by atoms with E-state index in [1.54, 1.807) is 13.8 Å². The Balaban J connectivity index is 2.33. The van der Waals surface area contributed by atoms with Crippen molar-refractivity contribution in [3.63, 3.8) is 0 Å². The van der Waals surface area contributed by atoms with Gasteiger partial charge in [-0.25, -0.2) is 0 Å². The summed E-state index contributed by atoms with van der Waals surface area (Å²) >= 11 is 0. The third kappa shape index (κ3) is 4.64. The lowest BCUT2D eigenvalue weighted by molar-refractivity contribution is -0.137. The van der Waals surface area contributed by atoms with E-state index in [9.17, 15) is 4.79 Å². The van der Waals surface area contributed by atoms with Crippen LogP contribution in [0.3, 0.4) is 0 Å². The SMILES string of the molecule is CC(C)CCN1CCN(C(=O)C(C)(C)N)CC1. The molecule has 1 aliphatic heterocycles. The first-order valence-electron chi connectivity index (χ1n) is 6.61. The highest BCUT2D eigenvalue weighted by molar-refractivity contribution is 5.85. The van der Waals surface area contributed by atoms with Crippen molar-refractivity contribution < 1.29 is 4.79 Å². The van der Waals surface area contributed by atoms with Crippen molar-refractivity contribution in [2.24, 2.45) is 11.7 Å². The maximum absolute atomic E-state index is 12.0. The fourth-order valence-corrected chi connectivity index (χ4v) is 2.02. The zero-order chi connectivity index (χ0) is 13.1. The van der Waals surface area contributed by atoms with E-state index in [1.807, 2.05) is 4.90 Å². The van der Waals surface area contributed by atoms with Crippen LogP contribution in [0.15, 0.2) is 0 Å². The van der Waals surface area contributed by atoms with E-state index in [-0.39, 0.29) is 5.91 Å². The number of rotatable bonds is 4. The van der Waals surface area contributed by atoms with Gasteiger partial charge in [0, 0.05) is 26.2 Å². The van der Waals surface area contributed by atoms with Crippen molar-refractivity contribution in [2.45, 2.75) is 39.7 Å². The highest BCUT2D eigenvalue weighted by Gasteiger charge is 2.29. The molecule has 0 atom stereocenters. The zero-order valence-corrected chi connectivity index (χ0v) is 11.7. The van der Waals surface area contributed by atoms with Crippen LogP contribution in [0.5, 0.6) is 0 Å². The van der Waals surface area contributed by atoms with Crippen LogP contribution in [-0.4, -0.2) is 54.0 Å². The molecular formula is C13H27N3O. The molecule has 2 N–H and O–H groups in total. The van der Waals surface area contributed by atoms with Gasteiger partial charge in [-0.3, -0.25) is 9.69 Å². The van der Waals surface area contributed by atoms with Gasteiger partial charge in [-0.2, -0.15) is 0 Å². The molecule has 0 bridgehead atoms. The van der Waals surface area contributed by atoms with E-state index >= 15 is 0 Å². The highest BCUT2D eigenvalue weighted by atomic mass is 16.2. The normalized spacial score (nSPS) is 18.8. The molecule has 0 aromatic heterocycles. The van der Waals surface area contributed by atoms with Gasteiger partial charge in [0.15, 0.2) is 0 Å². The Bertz CT molecular complexity index is 250. The predicted octanol–water partition coefficient (Wildman–Crippen LogP) is 0.914. The topological polar surface area (TPSA) is 49.6 Å². The molecule has 1 fully saturated rings. The highest BCUT2D eigenvalue weighted by Crippen LogP contribution is 2.10. The fourth-order valence-electron chi connectivity index (χ4n) is 2.02. The number of carbonyl (C=O) groups excluding carboxylic acids is 1. The van der Waals surface area contributed by atoms with Gasteiger partial charge in [-0.15, -0.1) is 0 Å². The number of nitrogens with zero attached hydrogens (tertiary/aromatic N) is 2. The minimum absolute atomic E-state index is 0.0704. The minimum Gasteiger partial charge on any atom is -0.339 e. The van der Waals surface area contributed by atoms with Crippen LogP contribution >= 0.6 is 0 Å². The molecular weight excluding hydrogens is 214 g/mol. The Morgan fingerprint density at radius 3 is 2.18 bits per heavy atom. The quantitative estimate of drug-likeness (QED) is 0.796. The molecule has 4 heteroatoms. The van der Waals surface area contributed by atoms with E-state index in [4.69, 9.17) is 5.73 Å². The summed E-state index contributed by atoms with van der Waals surface area (Å²) < 4.78 is 0. The van der Waals surface area contributed by atoms with E-state index < -0.39 is 5.54 Å². The summed E-state index contributed by atoms with van der Waals surface area (Å²) in [6.07, 6.45) is 1.23. The first kappa shape index (κ1) is 14.5. The minimum atomic E-state index is -0.736. The molecule has 0 aromatic carbocycles. The first-order chi connectivity index (χ1) is 7.80. The standard InChI is InChI=1S/C13H27N3O/c1-11(2)5-6-15-7-9-16(10-8-15)12(17)13(3,4)14/h11H,5-10,14H2,1-4H3. The average molecular weight is 241 g/mol. The van der Waals surface area contributed by atoms with Crippen molar-refractivity contribution >= 4 is 5.91 Å². The van der Waals surface area contributed by atoms with E-state index in [0.29, 0.717) is 0 Å². The maximum Gasteiger partial charge on any atom is 0.242 e. The average Bonchev–Trinajstić information content (AvgIpc) is 2.25. The lowest BCUT2D eigenvalue weighted by Gasteiger charge is -2.37. The summed E-state index contributed by atoms with van der Waals surface area (Å²) in [6.45, 7) is 12.8. The number of piperazine rings is 1. The van der Waals surface area contributed by atoms with Crippen LogP contribution in [0.2, 0.25) is 0 Å². The van der Waals surface area contributed by atoms with E-state index in [0.717, 1.165) is 38.6 Å². The summed E-state index contributed by atoms with van der Waals surface area (Å²) in [5, 5.41) is 0. The number of hydrogen-bond donors (Lipinski definition) is 1. The Labute approximate surface area is 105 Å². The van der Waals surface area contributed by atoms with Gasteiger partial charge < -0.3 is 10.6 Å². The van der Waals surface area contributed by atoms with Gasteiger partial charge in [0.05, 0.1) is 5.54 Å². The number of hydrogen-bond acceptors (Lipinski definition) is 3. The van der Waals surface area contributed by atoms with Crippen LogP contribution in [0.1, 0.15) is 34.1 Å². The summed E-state index contributed by atoms with van der Waals surface area (Å²) in [6, 6.07) is 0. The van der Waals surface area contributed by atoms with Gasteiger partial charge in [0.2, 0.25) is 5.91 Å². The molecule has 0 aromatic rings. The van der Waals surface area contributed by atoms with E-state index in [2.05, 4.69) is 18.7 Å². The smallest absolute Gasteiger partial charge is 0.242 e. The Morgan fingerprint density at radius 1 is 1.24 bits per heavy atom. The van der Waals surface area contributed by atoms with Crippen molar-refractivity contribution in [3.8, 4) is 0 Å². The predicted molar refractivity (Wildman–Crippen MR) is 70.7 cm³/mol. The molecule has 4 nitrogen and oxygen atoms in total. The Morgan fingerprint density at radius 2 is 1.76 bits per heavy atom. The monoisotopic (exact) mass is 241 g/mol. The molecule has 17 heavy (non-hydrogen) atoms. The second kappa shape index (κ2) is 5.83. The third-order valence-corrected chi connectivity index (χ3v) is 3.23. The number of nitrogens with two attached hydrogens (primary N) is 1. The lowest BCUT2D eigenvalue weighted by atomic mass is 10.0. The van der Waals surface area contributed by atoms with E-state index in [1.165, 1.54) is 6.42 Å². The third-order valence-electron chi connectivity index (χ3n) is 3.23. The first-order valence-corrected chi connectivity index (χ1v) is 6.61. The summed E-state index contributed by atoms with van der Waals surface area (Å²) in [7, 11) is 0. The van der Waals surface area contributed by atoms with Crippen molar-refractivity contribution in [3.05, 3.63) is 0 Å². The summed E-state index contributed by atoms with van der Waals surface area (Å²) in [5.41, 5.74) is 5.10. The van der Waals surface area contributed by atoms with Gasteiger partial charge >= 0.3 is 0 Å². The fraction of sp³-hybridized carbons (Fsp3) is 0.923. The van der Waals surface area contributed by atoms with Crippen molar-refractivity contribution in [2.75, 3.05) is 32.7 Å². The molecule has 1 amide bonds.